The summed E-state index contributed by atoms with van der Waals surface area (Å²) in [5, 5.41) is 2.58. The highest BCUT2D eigenvalue weighted by atomic mass is 19.1. The number of hydrogen-bond acceptors (Lipinski definition) is 3. The average molecular weight is 232 g/mol. The van der Waals surface area contributed by atoms with Gasteiger partial charge < -0.3 is 10.1 Å². The molecule has 2 atom stereocenters. The predicted molar refractivity (Wildman–Crippen MR) is 60.1 cm³/mol. The highest BCUT2D eigenvalue weighted by Gasteiger charge is 2.31. The van der Waals surface area contributed by atoms with Gasteiger partial charge in [0.05, 0.1) is 6.61 Å². The quantitative estimate of drug-likeness (QED) is 0.728. The van der Waals surface area contributed by atoms with Crippen molar-refractivity contribution in [1.82, 2.24) is 10.2 Å². The third-order valence-electron chi connectivity index (χ3n) is 2.96. The molecular weight excluding hydrogens is 211 g/mol. The van der Waals surface area contributed by atoms with Crippen LogP contribution in [-0.2, 0) is 9.53 Å². The molecule has 1 heterocycles. The molecule has 16 heavy (non-hydrogen) atoms. The maximum absolute atomic E-state index is 13.2. The monoisotopic (exact) mass is 232 g/mol. The van der Waals surface area contributed by atoms with Crippen LogP contribution in [0.3, 0.4) is 0 Å². The van der Waals surface area contributed by atoms with Crippen molar-refractivity contribution in [3.05, 3.63) is 0 Å². The molecule has 1 N–H and O–H groups in total. The van der Waals surface area contributed by atoms with Gasteiger partial charge in [-0.3, -0.25) is 9.69 Å². The predicted octanol–water partition coefficient (Wildman–Crippen LogP) is 0.571. The van der Waals surface area contributed by atoms with E-state index >= 15 is 0 Å². The minimum Gasteiger partial charge on any atom is -0.383 e. The van der Waals surface area contributed by atoms with E-state index in [1.54, 1.807) is 14.2 Å². The number of carbonyl (C=O) groups is 1. The number of halogens is 1. The Hall–Kier alpha value is -0.680. The first-order valence-corrected chi connectivity index (χ1v) is 5.75. The van der Waals surface area contributed by atoms with Crippen LogP contribution in [0.25, 0.3) is 0 Å². The first kappa shape index (κ1) is 13.4. The summed E-state index contributed by atoms with van der Waals surface area (Å²) in [7, 11) is 3.26. The molecule has 0 radical (unpaired) electrons. The molecule has 1 rings (SSSR count). The van der Waals surface area contributed by atoms with Crippen LogP contribution in [0, 0.1) is 0 Å². The van der Waals surface area contributed by atoms with Gasteiger partial charge in [0.15, 0.2) is 0 Å². The van der Waals surface area contributed by atoms with E-state index in [-0.39, 0.29) is 11.9 Å². The van der Waals surface area contributed by atoms with Gasteiger partial charge in [-0.25, -0.2) is 4.39 Å². The number of nitrogens with zero attached hydrogens (tertiary/aromatic N) is 1. The number of likely N-dealkylation sites (tertiary alicyclic amines) is 1. The second kappa shape index (κ2) is 6.81. The normalized spacial score (nSPS) is 25.9. The van der Waals surface area contributed by atoms with E-state index in [1.165, 1.54) is 0 Å². The Morgan fingerprint density at radius 2 is 2.38 bits per heavy atom. The Labute approximate surface area is 96.1 Å². The summed E-state index contributed by atoms with van der Waals surface area (Å²) in [4.78, 5) is 13.1. The number of methoxy groups -OCH3 is 1. The summed E-state index contributed by atoms with van der Waals surface area (Å²) >= 11 is 0. The smallest absolute Gasteiger partial charge is 0.219 e. The van der Waals surface area contributed by atoms with Crippen molar-refractivity contribution < 1.29 is 13.9 Å². The molecule has 94 valence electrons. The lowest BCUT2D eigenvalue weighted by Crippen LogP contribution is -2.34. The first-order valence-electron chi connectivity index (χ1n) is 5.75. The van der Waals surface area contributed by atoms with Crippen molar-refractivity contribution in [2.24, 2.45) is 0 Å². The lowest BCUT2D eigenvalue weighted by atomic mass is 10.2. The van der Waals surface area contributed by atoms with E-state index in [1.807, 2.05) is 0 Å². The van der Waals surface area contributed by atoms with Crippen LogP contribution in [0.5, 0.6) is 0 Å². The summed E-state index contributed by atoms with van der Waals surface area (Å²) < 4.78 is 18.3. The molecule has 5 heteroatoms. The van der Waals surface area contributed by atoms with E-state index in [9.17, 15) is 9.18 Å². The maximum atomic E-state index is 13.2. The standard InChI is InChI=1S/C11H21FN2O2/c1-13-11(15)4-3-5-14-7-9(12)6-10(14)8-16-2/h9-10H,3-8H2,1-2H3,(H,13,15). The molecule has 2 unspecified atom stereocenters. The Bertz CT molecular complexity index is 226. The fourth-order valence-corrected chi connectivity index (χ4v) is 2.13. The second-order valence-corrected chi connectivity index (χ2v) is 4.21. The van der Waals surface area contributed by atoms with Crippen LogP contribution in [0.2, 0.25) is 0 Å². The summed E-state index contributed by atoms with van der Waals surface area (Å²) in [5.74, 6) is 0.0410. The van der Waals surface area contributed by atoms with E-state index in [0.29, 0.717) is 26.0 Å². The fourth-order valence-electron chi connectivity index (χ4n) is 2.13. The van der Waals surface area contributed by atoms with Gasteiger partial charge in [-0.15, -0.1) is 0 Å². The molecule has 0 aromatic heterocycles. The van der Waals surface area contributed by atoms with Gasteiger partial charge in [0, 0.05) is 33.2 Å². The third-order valence-corrected chi connectivity index (χ3v) is 2.96. The minimum atomic E-state index is -0.750. The largest absolute Gasteiger partial charge is 0.383 e. The summed E-state index contributed by atoms with van der Waals surface area (Å²) in [5.41, 5.74) is 0. The van der Waals surface area contributed by atoms with Crippen molar-refractivity contribution in [3.8, 4) is 0 Å². The van der Waals surface area contributed by atoms with Crippen molar-refractivity contribution >= 4 is 5.91 Å². The molecule has 0 aliphatic carbocycles. The Morgan fingerprint density at radius 1 is 1.62 bits per heavy atom. The summed E-state index contributed by atoms with van der Waals surface area (Å²) in [6, 6.07) is 0.171. The lowest BCUT2D eigenvalue weighted by Gasteiger charge is -2.22. The second-order valence-electron chi connectivity index (χ2n) is 4.21. The van der Waals surface area contributed by atoms with Crippen molar-refractivity contribution in [2.75, 3.05) is 33.9 Å². The number of rotatable bonds is 6. The summed E-state index contributed by atoms with van der Waals surface area (Å²) in [6.07, 6.45) is 1.07. The first-order chi connectivity index (χ1) is 7.67. The Morgan fingerprint density at radius 3 is 3.00 bits per heavy atom. The fraction of sp³-hybridized carbons (Fsp3) is 0.909. The highest BCUT2D eigenvalue weighted by Crippen LogP contribution is 2.20. The van der Waals surface area contributed by atoms with E-state index in [4.69, 9.17) is 4.74 Å². The SMILES string of the molecule is CNC(=O)CCCN1CC(F)CC1COC. The Kier molecular flexibility index (Phi) is 5.69. The van der Waals surface area contributed by atoms with Gasteiger partial charge >= 0.3 is 0 Å². The molecule has 0 spiro atoms. The zero-order valence-electron chi connectivity index (χ0n) is 10.0. The molecule has 4 nitrogen and oxygen atoms in total. The van der Waals surface area contributed by atoms with Gasteiger partial charge in [0.1, 0.15) is 6.17 Å². The van der Waals surface area contributed by atoms with Crippen LogP contribution in [0.1, 0.15) is 19.3 Å². The number of alkyl halides is 1. The zero-order chi connectivity index (χ0) is 12.0. The van der Waals surface area contributed by atoms with E-state index in [0.717, 1.165) is 13.0 Å². The van der Waals surface area contributed by atoms with Gasteiger partial charge in [-0.2, -0.15) is 0 Å². The van der Waals surface area contributed by atoms with Crippen LogP contribution in [-0.4, -0.2) is 56.9 Å². The van der Waals surface area contributed by atoms with Crippen LogP contribution >= 0.6 is 0 Å². The lowest BCUT2D eigenvalue weighted by molar-refractivity contribution is -0.120. The molecule has 1 fully saturated rings. The van der Waals surface area contributed by atoms with E-state index < -0.39 is 6.17 Å². The molecule has 0 aromatic rings. The van der Waals surface area contributed by atoms with Crippen LogP contribution in [0.15, 0.2) is 0 Å². The zero-order valence-corrected chi connectivity index (χ0v) is 10.0. The topological polar surface area (TPSA) is 41.6 Å². The Balaban J connectivity index is 2.26. The molecule has 0 saturated carbocycles. The third kappa shape index (κ3) is 4.06. The van der Waals surface area contributed by atoms with Crippen LogP contribution < -0.4 is 5.32 Å². The highest BCUT2D eigenvalue weighted by molar-refractivity contribution is 5.75. The number of amides is 1. The number of nitrogens with one attached hydrogen (secondary N) is 1. The number of hydrogen-bond donors (Lipinski definition) is 1. The van der Waals surface area contributed by atoms with Gasteiger partial charge in [-0.05, 0) is 19.4 Å². The van der Waals surface area contributed by atoms with Gasteiger partial charge in [0.2, 0.25) is 5.91 Å². The van der Waals surface area contributed by atoms with Crippen molar-refractivity contribution in [1.29, 1.82) is 0 Å². The van der Waals surface area contributed by atoms with Gasteiger partial charge in [-0.1, -0.05) is 0 Å². The number of carbonyl (C=O) groups excluding carboxylic acids is 1. The molecule has 1 aliphatic heterocycles. The minimum absolute atomic E-state index is 0.0410. The molecule has 0 aromatic carbocycles. The van der Waals surface area contributed by atoms with Gasteiger partial charge in [0.25, 0.3) is 0 Å². The molecule has 0 bridgehead atoms. The van der Waals surface area contributed by atoms with Crippen molar-refractivity contribution in [3.63, 3.8) is 0 Å². The molecular formula is C11H21FN2O2. The summed E-state index contributed by atoms with van der Waals surface area (Å²) in [6.45, 7) is 1.81. The van der Waals surface area contributed by atoms with Crippen LogP contribution in [0.4, 0.5) is 4.39 Å². The average Bonchev–Trinajstić information content (AvgIpc) is 2.59. The number of ether oxygens (including phenoxy) is 1. The maximum Gasteiger partial charge on any atom is 0.219 e. The molecule has 1 aliphatic rings. The molecule has 1 saturated heterocycles. The van der Waals surface area contributed by atoms with E-state index in [2.05, 4.69) is 10.2 Å². The molecule has 1 amide bonds. The van der Waals surface area contributed by atoms with Crippen molar-refractivity contribution in [2.45, 2.75) is 31.5 Å².